The quantitative estimate of drug-likeness (QED) is 0.654. The standard InChI is InChI=1S/C22H22N4O2/c1-22(2,28)16-6-3-13(4-7-16)18-12-25-20(23)19(26-18)15-5-8-17-14(11-15)9-10-24-21(17)27/h3-8,11-12,28H,9-10H2,1-2H3,(H2,23,25)(H,24,27). The molecule has 2 heterocycles. The molecule has 0 atom stereocenters. The third kappa shape index (κ3) is 3.34. The number of amides is 1. The van der Waals surface area contributed by atoms with Crippen molar-refractivity contribution in [3.63, 3.8) is 0 Å². The SMILES string of the molecule is CC(C)(O)c1ccc(-c2cnc(N)c(-c3ccc4c(c3)CCNC4=O)n2)cc1. The number of rotatable bonds is 3. The molecule has 3 aromatic rings. The number of hydrogen-bond acceptors (Lipinski definition) is 5. The third-order valence-electron chi connectivity index (χ3n) is 4.99. The van der Waals surface area contributed by atoms with Crippen LogP contribution in [-0.4, -0.2) is 27.5 Å². The van der Waals surface area contributed by atoms with E-state index >= 15 is 0 Å². The van der Waals surface area contributed by atoms with Crippen LogP contribution in [0.2, 0.25) is 0 Å². The lowest BCUT2D eigenvalue weighted by atomic mass is 9.96. The van der Waals surface area contributed by atoms with Crippen molar-refractivity contribution >= 4 is 11.7 Å². The Morgan fingerprint density at radius 3 is 2.54 bits per heavy atom. The Balaban J connectivity index is 1.73. The van der Waals surface area contributed by atoms with E-state index in [1.54, 1.807) is 20.0 Å². The number of hydrogen-bond donors (Lipinski definition) is 3. The molecule has 0 radical (unpaired) electrons. The fourth-order valence-electron chi connectivity index (χ4n) is 3.37. The Kier molecular flexibility index (Phi) is 4.35. The monoisotopic (exact) mass is 374 g/mol. The zero-order chi connectivity index (χ0) is 19.9. The first kappa shape index (κ1) is 18.1. The summed E-state index contributed by atoms with van der Waals surface area (Å²) < 4.78 is 0. The molecule has 0 fully saturated rings. The van der Waals surface area contributed by atoms with Gasteiger partial charge in [-0.1, -0.05) is 30.3 Å². The topological polar surface area (TPSA) is 101 Å². The number of carbonyl (C=O) groups is 1. The summed E-state index contributed by atoms with van der Waals surface area (Å²) in [6.07, 6.45) is 2.42. The maximum Gasteiger partial charge on any atom is 0.251 e. The highest BCUT2D eigenvalue weighted by molar-refractivity contribution is 5.97. The molecular formula is C22H22N4O2. The van der Waals surface area contributed by atoms with Crippen LogP contribution in [-0.2, 0) is 12.0 Å². The lowest BCUT2D eigenvalue weighted by Crippen LogP contribution is -2.31. The molecule has 28 heavy (non-hydrogen) atoms. The summed E-state index contributed by atoms with van der Waals surface area (Å²) in [6.45, 7) is 4.13. The van der Waals surface area contributed by atoms with Crippen LogP contribution in [0, 0.1) is 0 Å². The van der Waals surface area contributed by atoms with Crippen molar-refractivity contribution in [1.82, 2.24) is 15.3 Å². The number of anilines is 1. The van der Waals surface area contributed by atoms with Gasteiger partial charge in [-0.3, -0.25) is 4.79 Å². The fourth-order valence-corrected chi connectivity index (χ4v) is 3.37. The van der Waals surface area contributed by atoms with Crippen LogP contribution in [0.5, 0.6) is 0 Å². The third-order valence-corrected chi connectivity index (χ3v) is 4.99. The van der Waals surface area contributed by atoms with Gasteiger partial charge in [-0.15, -0.1) is 0 Å². The van der Waals surface area contributed by atoms with E-state index in [1.807, 2.05) is 42.5 Å². The summed E-state index contributed by atoms with van der Waals surface area (Å²) in [6, 6.07) is 13.2. The minimum atomic E-state index is -0.897. The molecule has 0 aliphatic carbocycles. The van der Waals surface area contributed by atoms with Crippen LogP contribution >= 0.6 is 0 Å². The number of fused-ring (bicyclic) bond motifs is 1. The summed E-state index contributed by atoms with van der Waals surface area (Å²) in [7, 11) is 0. The first-order valence-electron chi connectivity index (χ1n) is 9.20. The predicted octanol–water partition coefficient (Wildman–Crippen LogP) is 2.91. The van der Waals surface area contributed by atoms with Gasteiger partial charge in [-0.2, -0.15) is 0 Å². The highest BCUT2D eigenvalue weighted by Crippen LogP contribution is 2.29. The van der Waals surface area contributed by atoms with E-state index in [0.29, 0.717) is 29.3 Å². The van der Waals surface area contributed by atoms with E-state index in [4.69, 9.17) is 10.7 Å². The van der Waals surface area contributed by atoms with E-state index < -0.39 is 5.60 Å². The molecule has 1 aliphatic heterocycles. The number of nitrogens with zero attached hydrogens (tertiary/aromatic N) is 2. The second kappa shape index (κ2) is 6.73. The van der Waals surface area contributed by atoms with Crippen molar-refractivity contribution in [3.05, 3.63) is 65.4 Å². The largest absolute Gasteiger partial charge is 0.386 e. The zero-order valence-corrected chi connectivity index (χ0v) is 15.9. The number of benzene rings is 2. The molecule has 2 aromatic carbocycles. The number of carbonyl (C=O) groups excluding carboxylic acids is 1. The van der Waals surface area contributed by atoms with Crippen LogP contribution in [0.1, 0.15) is 35.3 Å². The van der Waals surface area contributed by atoms with Crippen LogP contribution in [0.15, 0.2) is 48.7 Å². The molecule has 0 saturated heterocycles. The molecule has 6 nitrogen and oxygen atoms in total. The Hall–Kier alpha value is -3.25. The summed E-state index contributed by atoms with van der Waals surface area (Å²) >= 11 is 0. The molecular weight excluding hydrogens is 352 g/mol. The van der Waals surface area contributed by atoms with Gasteiger partial charge in [-0.05, 0) is 43.5 Å². The van der Waals surface area contributed by atoms with Crippen molar-refractivity contribution in [2.75, 3.05) is 12.3 Å². The maximum absolute atomic E-state index is 12.0. The molecule has 4 rings (SSSR count). The summed E-state index contributed by atoms with van der Waals surface area (Å²) in [4.78, 5) is 21.0. The van der Waals surface area contributed by atoms with Crippen LogP contribution < -0.4 is 11.1 Å². The van der Waals surface area contributed by atoms with Gasteiger partial charge in [0, 0.05) is 23.2 Å². The minimum absolute atomic E-state index is 0.0486. The second-order valence-corrected chi connectivity index (χ2v) is 7.50. The van der Waals surface area contributed by atoms with E-state index in [9.17, 15) is 9.90 Å². The van der Waals surface area contributed by atoms with Gasteiger partial charge in [0.05, 0.1) is 17.5 Å². The molecule has 0 spiro atoms. The summed E-state index contributed by atoms with van der Waals surface area (Å²) in [5.74, 6) is 0.296. The molecule has 0 saturated carbocycles. The van der Waals surface area contributed by atoms with Gasteiger partial charge in [0.15, 0.2) is 0 Å². The first-order valence-corrected chi connectivity index (χ1v) is 9.20. The molecule has 6 heteroatoms. The van der Waals surface area contributed by atoms with E-state index in [1.165, 1.54) is 0 Å². The molecule has 1 aliphatic rings. The summed E-state index contributed by atoms with van der Waals surface area (Å²) in [5, 5.41) is 13.0. The van der Waals surface area contributed by atoms with Gasteiger partial charge in [0.25, 0.3) is 5.91 Å². The van der Waals surface area contributed by atoms with Crippen molar-refractivity contribution < 1.29 is 9.90 Å². The molecule has 1 aromatic heterocycles. The van der Waals surface area contributed by atoms with Crippen molar-refractivity contribution in [1.29, 1.82) is 0 Å². The number of aliphatic hydroxyl groups is 1. The van der Waals surface area contributed by atoms with Gasteiger partial charge >= 0.3 is 0 Å². The lowest BCUT2D eigenvalue weighted by Gasteiger charge is -2.18. The Labute approximate surface area is 163 Å². The first-order chi connectivity index (χ1) is 13.3. The number of nitrogens with one attached hydrogen (secondary N) is 1. The molecule has 0 unspecified atom stereocenters. The smallest absolute Gasteiger partial charge is 0.251 e. The summed E-state index contributed by atoms with van der Waals surface area (Å²) in [5.41, 5.74) is 10.7. The number of nitrogen functional groups attached to an aromatic ring is 1. The number of nitrogens with two attached hydrogens (primary N) is 1. The van der Waals surface area contributed by atoms with E-state index in [2.05, 4.69) is 10.3 Å². The van der Waals surface area contributed by atoms with Gasteiger partial charge in [-0.25, -0.2) is 9.97 Å². The predicted molar refractivity (Wildman–Crippen MR) is 109 cm³/mol. The van der Waals surface area contributed by atoms with Crippen molar-refractivity contribution in [2.45, 2.75) is 25.9 Å². The molecule has 1 amide bonds. The van der Waals surface area contributed by atoms with Crippen molar-refractivity contribution in [3.8, 4) is 22.5 Å². The van der Waals surface area contributed by atoms with E-state index in [-0.39, 0.29) is 5.91 Å². The average molecular weight is 374 g/mol. The Bertz CT molecular complexity index is 1050. The van der Waals surface area contributed by atoms with E-state index in [0.717, 1.165) is 28.7 Å². The maximum atomic E-state index is 12.0. The van der Waals surface area contributed by atoms with Crippen LogP contribution in [0.25, 0.3) is 22.5 Å². The van der Waals surface area contributed by atoms with Crippen molar-refractivity contribution in [2.24, 2.45) is 0 Å². The zero-order valence-electron chi connectivity index (χ0n) is 15.9. The van der Waals surface area contributed by atoms with Gasteiger partial charge in [0.1, 0.15) is 11.5 Å². The normalized spacial score (nSPS) is 13.8. The van der Waals surface area contributed by atoms with Crippen LogP contribution in [0.3, 0.4) is 0 Å². The Morgan fingerprint density at radius 2 is 1.82 bits per heavy atom. The second-order valence-electron chi connectivity index (χ2n) is 7.50. The molecule has 0 bridgehead atoms. The highest BCUT2D eigenvalue weighted by Gasteiger charge is 2.19. The lowest BCUT2D eigenvalue weighted by molar-refractivity contribution is 0.0786. The number of aromatic nitrogens is 2. The van der Waals surface area contributed by atoms with Crippen LogP contribution in [0.4, 0.5) is 5.82 Å². The fraction of sp³-hybridized carbons (Fsp3) is 0.227. The van der Waals surface area contributed by atoms with Gasteiger partial charge in [0.2, 0.25) is 0 Å². The average Bonchev–Trinajstić information content (AvgIpc) is 2.68. The molecule has 142 valence electrons. The highest BCUT2D eigenvalue weighted by atomic mass is 16.3. The molecule has 4 N–H and O–H groups in total. The van der Waals surface area contributed by atoms with Gasteiger partial charge < -0.3 is 16.2 Å². The minimum Gasteiger partial charge on any atom is -0.386 e. The Morgan fingerprint density at radius 1 is 1.11 bits per heavy atom.